The van der Waals surface area contributed by atoms with Crippen LogP contribution in [-0.4, -0.2) is 24.0 Å². The van der Waals surface area contributed by atoms with Gasteiger partial charge in [0.25, 0.3) is 0 Å². The second-order valence-corrected chi connectivity index (χ2v) is 5.59. The molecule has 1 aromatic rings. The largest absolute Gasteiger partial charge is 0.396 e. The highest BCUT2D eigenvalue weighted by atomic mass is 32.2. The molecule has 1 atom stereocenters. The number of nitrogens with one attached hydrogen (secondary N) is 1. The minimum Gasteiger partial charge on any atom is -0.396 e. The lowest BCUT2D eigenvalue weighted by molar-refractivity contribution is 0.250. The summed E-state index contributed by atoms with van der Waals surface area (Å²) in [6, 6.07) is 4.91. The minimum atomic E-state index is -0.192. The van der Waals surface area contributed by atoms with E-state index in [1.54, 1.807) is 17.8 Å². The van der Waals surface area contributed by atoms with Crippen LogP contribution in [0.2, 0.25) is 0 Å². The van der Waals surface area contributed by atoms with Crippen molar-refractivity contribution in [1.29, 1.82) is 0 Å². The molecule has 2 nitrogen and oxygen atoms in total. The summed E-state index contributed by atoms with van der Waals surface area (Å²) in [5, 5.41) is 12.3. The van der Waals surface area contributed by atoms with Crippen molar-refractivity contribution in [2.45, 2.75) is 31.7 Å². The molecule has 0 aliphatic heterocycles. The van der Waals surface area contributed by atoms with Crippen molar-refractivity contribution < 1.29 is 9.50 Å². The van der Waals surface area contributed by atoms with Gasteiger partial charge in [-0.05, 0) is 42.6 Å². The van der Waals surface area contributed by atoms with Crippen LogP contribution in [-0.2, 0) is 6.54 Å². The van der Waals surface area contributed by atoms with Crippen molar-refractivity contribution >= 4 is 11.8 Å². The predicted molar refractivity (Wildman–Crippen MR) is 75.4 cm³/mol. The molecule has 0 amide bonds. The van der Waals surface area contributed by atoms with Crippen LogP contribution < -0.4 is 5.32 Å². The van der Waals surface area contributed by atoms with Crippen LogP contribution in [0.1, 0.15) is 25.8 Å². The Morgan fingerprint density at radius 1 is 1.44 bits per heavy atom. The van der Waals surface area contributed by atoms with E-state index in [-0.39, 0.29) is 18.3 Å². The van der Waals surface area contributed by atoms with Gasteiger partial charge in [0.1, 0.15) is 5.82 Å². The maximum absolute atomic E-state index is 13.2. The van der Waals surface area contributed by atoms with E-state index in [1.165, 1.54) is 6.07 Å². The molecule has 1 aromatic carbocycles. The fourth-order valence-corrected chi connectivity index (χ4v) is 2.56. The summed E-state index contributed by atoms with van der Waals surface area (Å²) in [6.45, 7) is 5.94. The number of hydrogen-bond acceptors (Lipinski definition) is 3. The number of halogens is 1. The molecular formula is C14H22FNOS. The third-order valence-corrected chi connectivity index (χ3v) is 4.04. The fraction of sp³-hybridized carbons (Fsp3) is 0.571. The van der Waals surface area contributed by atoms with Crippen molar-refractivity contribution in [2.75, 3.05) is 18.9 Å². The van der Waals surface area contributed by atoms with Crippen molar-refractivity contribution in [3.63, 3.8) is 0 Å². The van der Waals surface area contributed by atoms with Gasteiger partial charge in [0.2, 0.25) is 0 Å². The van der Waals surface area contributed by atoms with Gasteiger partial charge in [-0.1, -0.05) is 13.8 Å². The second kappa shape index (κ2) is 8.51. The lowest BCUT2D eigenvalue weighted by Crippen LogP contribution is -2.14. The van der Waals surface area contributed by atoms with E-state index in [2.05, 4.69) is 12.2 Å². The molecule has 0 aliphatic rings. The maximum Gasteiger partial charge on any atom is 0.123 e. The third-order valence-electron chi connectivity index (χ3n) is 2.60. The summed E-state index contributed by atoms with van der Waals surface area (Å²) in [5.41, 5.74) is 0.999. The highest BCUT2D eigenvalue weighted by Crippen LogP contribution is 2.25. The van der Waals surface area contributed by atoms with Crippen LogP contribution in [0.4, 0.5) is 4.39 Å². The molecule has 0 fully saturated rings. The first-order chi connectivity index (χ1) is 8.67. The van der Waals surface area contributed by atoms with Crippen LogP contribution in [0.3, 0.4) is 0 Å². The van der Waals surface area contributed by atoms with E-state index in [9.17, 15) is 4.39 Å². The zero-order valence-electron chi connectivity index (χ0n) is 11.1. The van der Waals surface area contributed by atoms with Gasteiger partial charge in [-0.15, -0.1) is 11.8 Å². The lowest BCUT2D eigenvalue weighted by Gasteiger charge is -2.12. The molecule has 0 bridgehead atoms. The molecule has 0 spiro atoms. The Hall–Kier alpha value is -0.580. The van der Waals surface area contributed by atoms with Crippen molar-refractivity contribution in [2.24, 2.45) is 5.92 Å². The molecule has 102 valence electrons. The summed E-state index contributed by atoms with van der Waals surface area (Å²) in [6.07, 6.45) is 1.07. The molecule has 18 heavy (non-hydrogen) atoms. The molecule has 0 saturated carbocycles. The fourth-order valence-electron chi connectivity index (χ4n) is 1.51. The molecule has 0 aliphatic carbocycles. The predicted octanol–water partition coefficient (Wildman–Crippen LogP) is 3.05. The summed E-state index contributed by atoms with van der Waals surface area (Å²) >= 11 is 1.68. The lowest BCUT2D eigenvalue weighted by atomic mass is 10.2. The number of aliphatic hydroxyl groups is 1. The molecule has 0 aromatic heterocycles. The molecule has 0 saturated heterocycles. The highest BCUT2D eigenvalue weighted by molar-refractivity contribution is 7.99. The smallest absolute Gasteiger partial charge is 0.123 e. The molecular weight excluding hydrogens is 249 g/mol. The highest BCUT2D eigenvalue weighted by Gasteiger charge is 2.07. The van der Waals surface area contributed by atoms with Crippen LogP contribution in [0, 0.1) is 11.7 Å². The Balaban J connectivity index is 2.63. The molecule has 4 heteroatoms. The quantitative estimate of drug-likeness (QED) is 0.563. The van der Waals surface area contributed by atoms with Crippen LogP contribution in [0.5, 0.6) is 0 Å². The molecule has 0 radical (unpaired) electrons. The van der Waals surface area contributed by atoms with E-state index < -0.39 is 0 Å². The third kappa shape index (κ3) is 5.38. The first-order valence-corrected chi connectivity index (χ1v) is 7.38. The van der Waals surface area contributed by atoms with Gasteiger partial charge >= 0.3 is 0 Å². The summed E-state index contributed by atoms with van der Waals surface area (Å²) < 4.78 is 13.2. The maximum atomic E-state index is 13.2. The Morgan fingerprint density at radius 2 is 2.22 bits per heavy atom. The summed E-state index contributed by atoms with van der Waals surface area (Å²) in [4.78, 5) is 1.10. The Labute approximate surface area is 113 Å². The van der Waals surface area contributed by atoms with E-state index in [0.717, 1.165) is 29.2 Å². The molecule has 0 heterocycles. The van der Waals surface area contributed by atoms with E-state index >= 15 is 0 Å². The number of thioether (sulfide) groups is 1. The van der Waals surface area contributed by atoms with E-state index in [4.69, 9.17) is 5.11 Å². The summed E-state index contributed by atoms with van der Waals surface area (Å²) in [7, 11) is 0. The van der Waals surface area contributed by atoms with Gasteiger partial charge in [0.05, 0.1) is 0 Å². The zero-order valence-corrected chi connectivity index (χ0v) is 11.9. The van der Waals surface area contributed by atoms with E-state index in [0.29, 0.717) is 6.54 Å². The number of benzene rings is 1. The van der Waals surface area contributed by atoms with Gasteiger partial charge in [0.15, 0.2) is 0 Å². The van der Waals surface area contributed by atoms with Crippen molar-refractivity contribution in [1.82, 2.24) is 5.32 Å². The Morgan fingerprint density at radius 3 is 2.89 bits per heavy atom. The Kier molecular flexibility index (Phi) is 7.32. The van der Waals surface area contributed by atoms with Crippen molar-refractivity contribution in [3.8, 4) is 0 Å². The standard InChI is InChI=1S/C14H22FNOS/c1-3-6-16-8-12-7-13(15)4-5-14(12)18-10-11(2)9-17/h4-5,7,11,16-17H,3,6,8-10H2,1-2H3. The van der Waals surface area contributed by atoms with Gasteiger partial charge in [0, 0.05) is 23.8 Å². The molecule has 1 unspecified atom stereocenters. The van der Waals surface area contributed by atoms with Gasteiger partial charge in [-0.2, -0.15) is 0 Å². The average Bonchev–Trinajstić information content (AvgIpc) is 2.37. The topological polar surface area (TPSA) is 32.3 Å². The van der Waals surface area contributed by atoms with Gasteiger partial charge in [-0.25, -0.2) is 4.39 Å². The minimum absolute atomic E-state index is 0.192. The van der Waals surface area contributed by atoms with Crippen LogP contribution >= 0.6 is 11.8 Å². The Bertz CT molecular complexity index is 360. The summed E-state index contributed by atoms with van der Waals surface area (Å²) in [5.74, 6) is 0.919. The average molecular weight is 271 g/mol. The zero-order chi connectivity index (χ0) is 13.4. The van der Waals surface area contributed by atoms with E-state index in [1.807, 2.05) is 13.0 Å². The van der Waals surface area contributed by atoms with Gasteiger partial charge < -0.3 is 10.4 Å². The first kappa shape index (κ1) is 15.5. The molecule has 2 N–H and O–H groups in total. The van der Waals surface area contributed by atoms with Crippen LogP contribution in [0.15, 0.2) is 23.1 Å². The monoisotopic (exact) mass is 271 g/mol. The number of hydrogen-bond donors (Lipinski definition) is 2. The molecule has 1 rings (SSSR count). The number of aliphatic hydroxyl groups excluding tert-OH is 1. The first-order valence-electron chi connectivity index (χ1n) is 6.40. The second-order valence-electron chi connectivity index (χ2n) is 4.53. The van der Waals surface area contributed by atoms with Gasteiger partial charge in [-0.3, -0.25) is 0 Å². The normalized spacial score (nSPS) is 12.7. The number of rotatable bonds is 8. The SMILES string of the molecule is CCCNCc1cc(F)ccc1SCC(C)CO. The van der Waals surface area contributed by atoms with Crippen LogP contribution in [0.25, 0.3) is 0 Å². The van der Waals surface area contributed by atoms with Crippen molar-refractivity contribution in [3.05, 3.63) is 29.6 Å².